The smallest absolute Gasteiger partial charge is 0.257 e. The summed E-state index contributed by atoms with van der Waals surface area (Å²) in [6.45, 7) is 3.34. The highest BCUT2D eigenvalue weighted by atomic mass is 35.5. The molecule has 3 rings (SSSR count). The van der Waals surface area contributed by atoms with Crippen molar-refractivity contribution in [3.05, 3.63) is 46.7 Å². The van der Waals surface area contributed by atoms with Crippen LogP contribution in [0.15, 0.2) is 30.5 Å². The summed E-state index contributed by atoms with van der Waals surface area (Å²) in [5, 5.41) is 4.97. The van der Waals surface area contributed by atoms with Crippen LogP contribution in [-0.2, 0) is 16.4 Å². The summed E-state index contributed by atoms with van der Waals surface area (Å²) in [6, 6.07) is 7.31. The first-order valence-corrected chi connectivity index (χ1v) is 10.6. The molecule has 26 heavy (non-hydrogen) atoms. The lowest BCUT2D eigenvalue weighted by Gasteiger charge is -2.33. The van der Waals surface area contributed by atoms with Gasteiger partial charge in [-0.25, -0.2) is 13.1 Å². The lowest BCUT2D eigenvalue weighted by Crippen LogP contribution is -2.50. The molecule has 0 atom stereocenters. The molecule has 1 aromatic carbocycles. The highest BCUT2D eigenvalue weighted by Crippen LogP contribution is 2.21. The van der Waals surface area contributed by atoms with E-state index in [-0.39, 0.29) is 5.91 Å². The molecule has 9 heteroatoms. The first-order chi connectivity index (χ1) is 12.3. The SMILES string of the molecule is CCc1c(C(=O)N2CCN(S(C)(=O)=O)CC2)cnn1-c1cccc(Cl)c1. The van der Waals surface area contributed by atoms with Crippen molar-refractivity contribution < 1.29 is 13.2 Å². The number of piperazine rings is 1. The molecule has 0 radical (unpaired) electrons. The van der Waals surface area contributed by atoms with E-state index in [1.807, 2.05) is 19.1 Å². The van der Waals surface area contributed by atoms with Crippen LogP contribution in [0.2, 0.25) is 5.02 Å². The Morgan fingerprint density at radius 3 is 2.50 bits per heavy atom. The first-order valence-electron chi connectivity index (χ1n) is 8.38. The zero-order valence-electron chi connectivity index (χ0n) is 14.7. The van der Waals surface area contributed by atoms with E-state index in [1.165, 1.54) is 10.6 Å². The van der Waals surface area contributed by atoms with Crippen LogP contribution in [0, 0.1) is 0 Å². The summed E-state index contributed by atoms with van der Waals surface area (Å²) in [7, 11) is -3.22. The molecule has 140 valence electrons. The molecule has 0 unspecified atom stereocenters. The Morgan fingerprint density at radius 2 is 1.92 bits per heavy atom. The van der Waals surface area contributed by atoms with Crippen molar-refractivity contribution in [2.45, 2.75) is 13.3 Å². The molecule has 1 amide bonds. The Hall–Kier alpha value is -1.90. The Labute approximate surface area is 158 Å². The van der Waals surface area contributed by atoms with Gasteiger partial charge in [-0.3, -0.25) is 4.79 Å². The van der Waals surface area contributed by atoms with E-state index in [0.717, 1.165) is 11.4 Å². The summed E-state index contributed by atoms with van der Waals surface area (Å²) < 4.78 is 26.4. The van der Waals surface area contributed by atoms with E-state index in [9.17, 15) is 13.2 Å². The second-order valence-electron chi connectivity index (χ2n) is 6.20. The van der Waals surface area contributed by atoms with E-state index in [0.29, 0.717) is 43.2 Å². The minimum absolute atomic E-state index is 0.122. The van der Waals surface area contributed by atoms with Crippen molar-refractivity contribution >= 4 is 27.5 Å². The third-order valence-electron chi connectivity index (χ3n) is 4.48. The van der Waals surface area contributed by atoms with Gasteiger partial charge in [-0.15, -0.1) is 0 Å². The van der Waals surface area contributed by atoms with Gasteiger partial charge in [-0.2, -0.15) is 9.40 Å². The van der Waals surface area contributed by atoms with Gasteiger partial charge in [0.2, 0.25) is 10.0 Å². The molecule has 0 spiro atoms. The van der Waals surface area contributed by atoms with Crippen molar-refractivity contribution in [1.82, 2.24) is 19.0 Å². The second kappa shape index (κ2) is 7.38. The molecular weight excluding hydrogens is 376 g/mol. The van der Waals surface area contributed by atoms with Crippen molar-refractivity contribution in [2.75, 3.05) is 32.4 Å². The summed E-state index contributed by atoms with van der Waals surface area (Å²) in [5.74, 6) is -0.122. The number of sulfonamides is 1. The quantitative estimate of drug-likeness (QED) is 0.789. The van der Waals surface area contributed by atoms with Gasteiger partial charge in [0.25, 0.3) is 5.91 Å². The van der Waals surface area contributed by atoms with Crippen molar-refractivity contribution in [1.29, 1.82) is 0 Å². The van der Waals surface area contributed by atoms with Crippen molar-refractivity contribution in [3.8, 4) is 5.69 Å². The molecule has 2 heterocycles. The third-order valence-corrected chi connectivity index (χ3v) is 6.02. The van der Waals surface area contributed by atoms with Gasteiger partial charge in [-0.05, 0) is 24.6 Å². The van der Waals surface area contributed by atoms with Crippen LogP contribution in [0.25, 0.3) is 5.69 Å². The number of hydrogen-bond donors (Lipinski definition) is 0. The molecule has 1 aliphatic heterocycles. The zero-order chi connectivity index (χ0) is 18.9. The van der Waals surface area contributed by atoms with Crippen LogP contribution in [0.1, 0.15) is 23.0 Å². The number of hydrogen-bond acceptors (Lipinski definition) is 4. The summed E-state index contributed by atoms with van der Waals surface area (Å²) in [4.78, 5) is 14.6. The van der Waals surface area contributed by atoms with E-state index >= 15 is 0 Å². The Morgan fingerprint density at radius 1 is 1.23 bits per heavy atom. The number of amides is 1. The predicted octanol–water partition coefficient (Wildman–Crippen LogP) is 1.81. The minimum Gasteiger partial charge on any atom is -0.336 e. The van der Waals surface area contributed by atoms with Crippen LogP contribution >= 0.6 is 11.6 Å². The molecule has 1 aliphatic rings. The van der Waals surface area contributed by atoms with E-state index in [4.69, 9.17) is 11.6 Å². The second-order valence-corrected chi connectivity index (χ2v) is 8.62. The number of carbonyl (C=O) groups is 1. The van der Waals surface area contributed by atoms with Gasteiger partial charge in [0.15, 0.2) is 0 Å². The van der Waals surface area contributed by atoms with E-state index < -0.39 is 10.0 Å². The maximum atomic E-state index is 12.9. The molecule has 7 nitrogen and oxygen atoms in total. The van der Waals surface area contributed by atoms with Gasteiger partial charge in [0.05, 0.1) is 29.4 Å². The minimum atomic E-state index is -3.22. The molecule has 2 aromatic rings. The molecule has 1 fully saturated rings. The van der Waals surface area contributed by atoms with Gasteiger partial charge >= 0.3 is 0 Å². The van der Waals surface area contributed by atoms with Gasteiger partial charge < -0.3 is 4.90 Å². The summed E-state index contributed by atoms with van der Waals surface area (Å²) >= 11 is 6.06. The Kier molecular flexibility index (Phi) is 5.36. The monoisotopic (exact) mass is 396 g/mol. The van der Waals surface area contributed by atoms with Crippen LogP contribution in [0.5, 0.6) is 0 Å². The largest absolute Gasteiger partial charge is 0.336 e. The van der Waals surface area contributed by atoms with E-state index in [1.54, 1.807) is 27.9 Å². The maximum Gasteiger partial charge on any atom is 0.257 e. The standard InChI is InChI=1S/C17H21ClN4O3S/c1-3-16-15(12-19-22(16)14-6-4-5-13(18)11-14)17(23)20-7-9-21(10-8-20)26(2,24)25/h4-6,11-12H,3,7-10H2,1-2H3. The molecule has 1 aromatic heterocycles. The number of rotatable bonds is 4. The molecule has 0 N–H and O–H groups in total. The van der Waals surface area contributed by atoms with Crippen LogP contribution in [-0.4, -0.2) is 65.7 Å². The van der Waals surface area contributed by atoms with Crippen molar-refractivity contribution in [3.63, 3.8) is 0 Å². The average molecular weight is 397 g/mol. The fraction of sp³-hybridized carbons (Fsp3) is 0.412. The number of aromatic nitrogens is 2. The molecule has 0 aliphatic carbocycles. The molecule has 0 bridgehead atoms. The average Bonchev–Trinajstić information content (AvgIpc) is 3.04. The summed E-state index contributed by atoms with van der Waals surface area (Å²) in [6.07, 6.45) is 3.40. The highest BCUT2D eigenvalue weighted by molar-refractivity contribution is 7.88. The fourth-order valence-corrected chi connectivity index (χ4v) is 4.13. The topological polar surface area (TPSA) is 75.5 Å². The zero-order valence-corrected chi connectivity index (χ0v) is 16.3. The van der Waals surface area contributed by atoms with Crippen LogP contribution in [0.3, 0.4) is 0 Å². The highest BCUT2D eigenvalue weighted by Gasteiger charge is 2.28. The van der Waals surface area contributed by atoms with Crippen LogP contribution < -0.4 is 0 Å². The third kappa shape index (κ3) is 3.77. The number of halogens is 1. The Balaban J connectivity index is 1.83. The van der Waals surface area contributed by atoms with Crippen molar-refractivity contribution in [2.24, 2.45) is 0 Å². The van der Waals surface area contributed by atoms with Gasteiger partial charge in [0, 0.05) is 31.2 Å². The molecular formula is C17H21ClN4O3S. The number of nitrogens with zero attached hydrogens (tertiary/aromatic N) is 4. The molecule has 0 saturated carbocycles. The Bertz CT molecular complexity index is 918. The number of carbonyl (C=O) groups excluding carboxylic acids is 1. The first kappa shape index (κ1) is 18.9. The molecule has 1 saturated heterocycles. The maximum absolute atomic E-state index is 12.9. The predicted molar refractivity (Wildman–Crippen MR) is 100 cm³/mol. The lowest BCUT2D eigenvalue weighted by atomic mass is 10.1. The van der Waals surface area contributed by atoms with Gasteiger partial charge in [0.1, 0.15) is 0 Å². The van der Waals surface area contributed by atoms with Crippen LogP contribution in [0.4, 0.5) is 0 Å². The lowest BCUT2D eigenvalue weighted by molar-refractivity contribution is 0.0697. The van der Waals surface area contributed by atoms with Gasteiger partial charge in [-0.1, -0.05) is 24.6 Å². The number of benzene rings is 1. The summed E-state index contributed by atoms with van der Waals surface area (Å²) in [5.41, 5.74) is 2.15. The normalized spacial score (nSPS) is 16.0. The van der Waals surface area contributed by atoms with E-state index in [2.05, 4.69) is 5.10 Å². The fourth-order valence-electron chi connectivity index (χ4n) is 3.12.